The molecule has 2 aliphatic rings. The first-order valence-electron chi connectivity index (χ1n) is 7.49. The lowest BCUT2D eigenvalue weighted by Crippen LogP contribution is -2.55. The number of nitrogens with zero attached hydrogens (tertiary/aromatic N) is 1. The molecule has 0 aromatic carbocycles. The predicted octanol–water partition coefficient (Wildman–Crippen LogP) is -0.397. The van der Waals surface area contributed by atoms with Gasteiger partial charge < -0.3 is 21.1 Å². The highest BCUT2D eigenvalue weighted by Crippen LogP contribution is 2.36. The van der Waals surface area contributed by atoms with Crippen LogP contribution in [0.25, 0.3) is 0 Å². The summed E-state index contributed by atoms with van der Waals surface area (Å²) in [6.45, 7) is 3.87. The number of hydrogen-bond donors (Lipinski definition) is 3. The van der Waals surface area contributed by atoms with Gasteiger partial charge in [0, 0.05) is 19.5 Å². The van der Waals surface area contributed by atoms with Crippen molar-refractivity contribution in [2.75, 3.05) is 19.6 Å². The minimum Gasteiger partial charge on any atom is -0.391 e. The lowest BCUT2D eigenvalue weighted by molar-refractivity contribution is -0.148. The largest absolute Gasteiger partial charge is 0.391 e. The highest BCUT2D eigenvalue weighted by atomic mass is 16.3. The molecule has 0 spiro atoms. The molecule has 0 saturated carbocycles. The molecule has 20 heavy (non-hydrogen) atoms. The van der Waals surface area contributed by atoms with E-state index in [1.54, 1.807) is 0 Å². The van der Waals surface area contributed by atoms with Crippen molar-refractivity contribution in [2.24, 2.45) is 11.1 Å². The fourth-order valence-electron chi connectivity index (χ4n) is 3.56. The monoisotopic (exact) mass is 283 g/mol. The maximum absolute atomic E-state index is 12.9. The topological polar surface area (TPSA) is 95.7 Å². The molecule has 2 heterocycles. The second kappa shape index (κ2) is 6.10. The molecule has 2 saturated heterocycles. The second-order valence-corrected chi connectivity index (χ2v) is 6.08. The fraction of sp³-hybridized carbons (Fsp3) is 0.857. The molecule has 2 aliphatic heterocycles. The molecule has 0 aromatic heterocycles. The normalized spacial score (nSPS) is 34.2. The van der Waals surface area contributed by atoms with E-state index < -0.39 is 23.5 Å². The molecule has 0 aromatic rings. The first-order chi connectivity index (χ1) is 9.50. The van der Waals surface area contributed by atoms with Gasteiger partial charge in [-0.05, 0) is 25.8 Å². The van der Waals surface area contributed by atoms with Gasteiger partial charge in [0.2, 0.25) is 11.8 Å². The molecule has 0 radical (unpaired) electrons. The number of hydrogen-bond acceptors (Lipinski definition) is 4. The quantitative estimate of drug-likeness (QED) is 0.654. The third kappa shape index (κ3) is 2.81. The summed E-state index contributed by atoms with van der Waals surface area (Å²) in [5.41, 5.74) is 4.94. The van der Waals surface area contributed by atoms with Crippen LogP contribution in [0.3, 0.4) is 0 Å². The third-order valence-electron chi connectivity index (χ3n) is 4.52. The summed E-state index contributed by atoms with van der Waals surface area (Å²) in [6.07, 6.45) is 3.14. The molecule has 3 atom stereocenters. The molecule has 4 N–H and O–H groups in total. The summed E-state index contributed by atoms with van der Waals surface area (Å²) in [5.74, 6) is -0.544. The van der Waals surface area contributed by atoms with Crippen LogP contribution in [0.4, 0.5) is 0 Å². The second-order valence-electron chi connectivity index (χ2n) is 6.08. The van der Waals surface area contributed by atoms with Crippen LogP contribution in [0.2, 0.25) is 0 Å². The van der Waals surface area contributed by atoms with Gasteiger partial charge in [0.15, 0.2) is 0 Å². The number of primary amides is 1. The molecule has 114 valence electrons. The zero-order valence-electron chi connectivity index (χ0n) is 12.1. The van der Waals surface area contributed by atoms with Gasteiger partial charge >= 0.3 is 0 Å². The molecule has 6 heteroatoms. The van der Waals surface area contributed by atoms with Crippen molar-refractivity contribution < 1.29 is 14.7 Å². The van der Waals surface area contributed by atoms with Crippen molar-refractivity contribution in [3.8, 4) is 0 Å². The number of aliphatic hydroxyl groups is 1. The van der Waals surface area contributed by atoms with Gasteiger partial charge in [-0.1, -0.05) is 13.3 Å². The summed E-state index contributed by atoms with van der Waals surface area (Å²) in [4.78, 5) is 26.0. The molecule has 6 nitrogen and oxygen atoms in total. The molecular weight excluding hydrogens is 258 g/mol. The van der Waals surface area contributed by atoms with Crippen molar-refractivity contribution in [1.82, 2.24) is 10.2 Å². The van der Waals surface area contributed by atoms with Crippen molar-refractivity contribution in [3.63, 3.8) is 0 Å². The maximum atomic E-state index is 12.9. The smallest absolute Gasteiger partial charge is 0.240 e. The van der Waals surface area contributed by atoms with Crippen LogP contribution >= 0.6 is 0 Å². The van der Waals surface area contributed by atoms with E-state index in [0.717, 1.165) is 32.2 Å². The maximum Gasteiger partial charge on any atom is 0.240 e. The van der Waals surface area contributed by atoms with Gasteiger partial charge in [0.1, 0.15) is 6.04 Å². The van der Waals surface area contributed by atoms with E-state index in [1.807, 2.05) is 0 Å². The summed E-state index contributed by atoms with van der Waals surface area (Å²) in [6, 6.07) is -0.659. The Kier molecular flexibility index (Phi) is 4.65. The number of amides is 2. The number of piperidine rings is 1. The predicted molar refractivity (Wildman–Crippen MR) is 74.8 cm³/mol. The number of rotatable bonds is 4. The Bertz CT molecular complexity index is 374. The van der Waals surface area contributed by atoms with E-state index in [9.17, 15) is 14.7 Å². The Balaban J connectivity index is 2.20. The van der Waals surface area contributed by atoms with E-state index in [-0.39, 0.29) is 18.9 Å². The zero-order chi connectivity index (χ0) is 14.8. The van der Waals surface area contributed by atoms with Crippen LogP contribution in [0.1, 0.15) is 39.0 Å². The number of nitrogens with two attached hydrogens (primary N) is 1. The lowest BCUT2D eigenvalue weighted by atomic mass is 9.75. The van der Waals surface area contributed by atoms with Gasteiger partial charge in [0.05, 0.1) is 11.5 Å². The molecule has 2 fully saturated rings. The Hall–Kier alpha value is -1.14. The summed E-state index contributed by atoms with van der Waals surface area (Å²) < 4.78 is 0. The average molecular weight is 283 g/mol. The number of β-amino-alcohol motifs (C(OH)–C–C–N with tert-alkyl or cyclic N) is 1. The summed E-state index contributed by atoms with van der Waals surface area (Å²) in [7, 11) is 0. The van der Waals surface area contributed by atoms with Crippen LogP contribution in [0, 0.1) is 5.41 Å². The molecule has 0 aliphatic carbocycles. The fourth-order valence-corrected chi connectivity index (χ4v) is 3.56. The SMILES string of the molecule is CCCC1(C(=O)N2CC(O)CC2C(N)=O)CCCNC1. The van der Waals surface area contributed by atoms with Crippen LogP contribution in [0.15, 0.2) is 0 Å². The Morgan fingerprint density at radius 1 is 1.50 bits per heavy atom. The molecule has 0 bridgehead atoms. The van der Waals surface area contributed by atoms with Crippen LogP contribution in [-0.2, 0) is 9.59 Å². The highest BCUT2D eigenvalue weighted by Gasteiger charge is 2.47. The minimum atomic E-state index is -0.659. The number of nitrogens with one attached hydrogen (secondary N) is 1. The van der Waals surface area contributed by atoms with E-state index in [4.69, 9.17) is 5.73 Å². The van der Waals surface area contributed by atoms with Crippen LogP contribution < -0.4 is 11.1 Å². The first kappa shape index (κ1) is 15.3. The van der Waals surface area contributed by atoms with Crippen molar-refractivity contribution in [1.29, 1.82) is 0 Å². The first-order valence-corrected chi connectivity index (χ1v) is 7.49. The van der Waals surface area contributed by atoms with Crippen LogP contribution in [-0.4, -0.2) is 53.6 Å². The van der Waals surface area contributed by atoms with Gasteiger partial charge in [0.25, 0.3) is 0 Å². The van der Waals surface area contributed by atoms with Crippen LogP contribution in [0.5, 0.6) is 0 Å². The number of carbonyl (C=O) groups is 2. The summed E-state index contributed by atoms with van der Waals surface area (Å²) >= 11 is 0. The Morgan fingerprint density at radius 3 is 2.80 bits per heavy atom. The Labute approximate surface area is 119 Å². The van der Waals surface area contributed by atoms with E-state index in [2.05, 4.69) is 12.2 Å². The van der Waals surface area contributed by atoms with Gasteiger partial charge in [-0.2, -0.15) is 0 Å². The van der Waals surface area contributed by atoms with Gasteiger partial charge in [-0.3, -0.25) is 9.59 Å². The molecule has 2 rings (SSSR count). The molecule has 2 amide bonds. The highest BCUT2D eigenvalue weighted by molar-refractivity contribution is 5.90. The van der Waals surface area contributed by atoms with Gasteiger partial charge in [-0.25, -0.2) is 0 Å². The van der Waals surface area contributed by atoms with E-state index in [0.29, 0.717) is 6.54 Å². The molecule has 3 unspecified atom stereocenters. The Morgan fingerprint density at radius 2 is 2.25 bits per heavy atom. The third-order valence-corrected chi connectivity index (χ3v) is 4.52. The standard InChI is InChI=1S/C14H25N3O3/c1-2-4-14(5-3-6-16-9-14)13(20)17-8-10(18)7-11(17)12(15)19/h10-11,16,18H,2-9H2,1H3,(H2,15,19). The van der Waals surface area contributed by atoms with Crippen molar-refractivity contribution in [2.45, 2.75) is 51.2 Å². The number of carbonyl (C=O) groups excluding carboxylic acids is 2. The zero-order valence-corrected chi connectivity index (χ0v) is 12.1. The molecular formula is C14H25N3O3. The van der Waals surface area contributed by atoms with Gasteiger partial charge in [-0.15, -0.1) is 0 Å². The summed E-state index contributed by atoms with van der Waals surface area (Å²) in [5, 5.41) is 13.1. The number of aliphatic hydroxyl groups excluding tert-OH is 1. The van der Waals surface area contributed by atoms with E-state index in [1.165, 1.54) is 4.90 Å². The minimum absolute atomic E-state index is 0.0214. The van der Waals surface area contributed by atoms with Crippen molar-refractivity contribution >= 4 is 11.8 Å². The number of likely N-dealkylation sites (tertiary alicyclic amines) is 1. The van der Waals surface area contributed by atoms with E-state index >= 15 is 0 Å². The average Bonchev–Trinajstić information content (AvgIpc) is 2.81. The lowest BCUT2D eigenvalue weighted by Gasteiger charge is -2.40. The van der Waals surface area contributed by atoms with Crippen molar-refractivity contribution in [3.05, 3.63) is 0 Å².